The molecule has 12 heteroatoms. The van der Waals surface area contributed by atoms with Crippen LogP contribution in [0, 0.1) is 0 Å². The fourth-order valence-corrected chi connectivity index (χ4v) is 6.54. The van der Waals surface area contributed by atoms with Crippen molar-refractivity contribution in [2.45, 2.75) is 56.9 Å². The monoisotopic (exact) mass is 612 g/mol. The maximum absolute atomic E-state index is 11.5. The maximum atomic E-state index is 11.5. The van der Waals surface area contributed by atoms with Gasteiger partial charge in [-0.05, 0) is 61.3 Å². The van der Waals surface area contributed by atoms with Gasteiger partial charge in [0.05, 0.1) is 20.8 Å². The van der Waals surface area contributed by atoms with Crippen molar-refractivity contribution >= 4 is 28.0 Å². The number of thiocarbonyl (C=S) groups is 1. The van der Waals surface area contributed by atoms with Crippen molar-refractivity contribution in [2.75, 3.05) is 34.7 Å². The molecule has 228 valence electrons. The molecule has 4 aliphatic heterocycles. The Labute approximate surface area is 253 Å². The molecule has 3 aromatic rings. The quantitative estimate of drug-likeness (QED) is 0.388. The second-order valence-electron chi connectivity index (χ2n) is 11.1. The smallest absolute Gasteiger partial charge is 0.231 e. The van der Waals surface area contributed by atoms with Gasteiger partial charge in [-0.25, -0.2) is 0 Å². The first-order valence-electron chi connectivity index (χ1n) is 13.9. The Bertz CT molecular complexity index is 1600. The minimum Gasteiger partial charge on any atom is -0.493 e. The zero-order valence-electron chi connectivity index (χ0n) is 24.3. The van der Waals surface area contributed by atoms with Crippen molar-refractivity contribution in [3.05, 3.63) is 41.5 Å². The normalized spacial score (nSPS) is 26.7. The fraction of sp³-hybridized carbons (Fsp3) is 0.452. The standard InChI is InChI=1S/C31H32O11S/c1-31(2)41-27-22(12-33-3)39-29(25(32)28(27)42-31)40-26-16-10-20(35-5)19(34-4)9-15(16)23(24-17(26)11-36-30(24)43)14-6-7-18-21(8-14)38-13-37-18/h6-10,22,25,27-29,32H,11-13H2,1-5H3. The summed E-state index contributed by atoms with van der Waals surface area (Å²) in [5.74, 6) is 1.83. The third kappa shape index (κ3) is 4.64. The predicted octanol–water partition coefficient (Wildman–Crippen LogP) is 4.09. The number of aliphatic hydroxyl groups is 1. The lowest BCUT2D eigenvalue weighted by atomic mass is 9.89. The van der Waals surface area contributed by atoms with Crippen LogP contribution >= 0.6 is 12.2 Å². The van der Waals surface area contributed by atoms with E-state index in [1.54, 1.807) is 35.2 Å². The number of methoxy groups -OCH3 is 3. The van der Waals surface area contributed by atoms with Gasteiger partial charge in [0, 0.05) is 29.2 Å². The van der Waals surface area contributed by atoms with Crippen LogP contribution in [0.2, 0.25) is 0 Å². The molecule has 0 amide bonds. The molecule has 7 rings (SSSR count). The topological polar surface area (TPSA) is 113 Å². The molecule has 4 aliphatic rings. The second kappa shape index (κ2) is 10.7. The van der Waals surface area contributed by atoms with E-state index in [9.17, 15) is 5.11 Å². The highest BCUT2D eigenvalue weighted by atomic mass is 32.1. The van der Waals surface area contributed by atoms with Crippen LogP contribution in [-0.4, -0.2) is 81.4 Å². The van der Waals surface area contributed by atoms with Crippen LogP contribution in [0.4, 0.5) is 0 Å². The summed E-state index contributed by atoms with van der Waals surface area (Å²) < 4.78 is 59.0. The van der Waals surface area contributed by atoms with Gasteiger partial charge < -0.3 is 52.5 Å². The zero-order chi connectivity index (χ0) is 30.0. The summed E-state index contributed by atoms with van der Waals surface area (Å²) in [5.41, 5.74) is 3.06. The van der Waals surface area contributed by atoms with Crippen LogP contribution in [0.25, 0.3) is 21.9 Å². The molecule has 1 N–H and O–H groups in total. The van der Waals surface area contributed by atoms with E-state index in [4.69, 9.17) is 59.6 Å². The maximum Gasteiger partial charge on any atom is 0.231 e. The molecule has 4 heterocycles. The Kier molecular flexibility index (Phi) is 7.03. The molecule has 0 bridgehead atoms. The summed E-state index contributed by atoms with van der Waals surface area (Å²) in [6.07, 6.45) is -4.09. The van der Waals surface area contributed by atoms with Crippen molar-refractivity contribution in [3.8, 4) is 39.9 Å². The van der Waals surface area contributed by atoms with Gasteiger partial charge in [-0.15, -0.1) is 0 Å². The van der Waals surface area contributed by atoms with Crippen LogP contribution < -0.4 is 23.7 Å². The minimum atomic E-state index is -1.17. The van der Waals surface area contributed by atoms with Gasteiger partial charge in [-0.3, -0.25) is 0 Å². The highest BCUT2D eigenvalue weighted by Crippen LogP contribution is 2.50. The van der Waals surface area contributed by atoms with Gasteiger partial charge >= 0.3 is 0 Å². The van der Waals surface area contributed by atoms with Gasteiger partial charge in [-0.1, -0.05) is 6.07 Å². The van der Waals surface area contributed by atoms with E-state index in [1.165, 1.54) is 0 Å². The molecule has 0 aromatic heterocycles. The summed E-state index contributed by atoms with van der Waals surface area (Å²) in [6, 6.07) is 9.44. The van der Waals surface area contributed by atoms with Gasteiger partial charge in [-0.2, -0.15) is 0 Å². The number of aliphatic hydroxyl groups excluding tert-OH is 1. The zero-order valence-corrected chi connectivity index (χ0v) is 25.1. The molecule has 2 saturated heterocycles. The van der Waals surface area contributed by atoms with E-state index >= 15 is 0 Å². The Morgan fingerprint density at radius 1 is 0.907 bits per heavy atom. The average Bonchev–Trinajstić information content (AvgIpc) is 3.71. The number of fused-ring (bicyclic) bond motifs is 4. The van der Waals surface area contributed by atoms with Crippen molar-refractivity contribution < 1.29 is 52.5 Å². The molecule has 43 heavy (non-hydrogen) atoms. The highest BCUT2D eigenvalue weighted by molar-refractivity contribution is 7.80. The molecule has 3 aromatic carbocycles. The molecule has 0 radical (unpaired) electrons. The van der Waals surface area contributed by atoms with E-state index < -0.39 is 36.5 Å². The van der Waals surface area contributed by atoms with Gasteiger partial charge in [0.2, 0.25) is 13.1 Å². The summed E-state index contributed by atoms with van der Waals surface area (Å²) in [6.45, 7) is 4.12. The number of hydrogen-bond acceptors (Lipinski definition) is 12. The number of ether oxygens (including phenoxy) is 10. The first-order valence-corrected chi connectivity index (χ1v) is 14.3. The lowest BCUT2D eigenvalue weighted by Gasteiger charge is -2.39. The molecule has 5 unspecified atom stereocenters. The van der Waals surface area contributed by atoms with Crippen molar-refractivity contribution in [1.82, 2.24) is 0 Å². The molecular formula is C31H32O11S. The lowest BCUT2D eigenvalue weighted by Crippen LogP contribution is -2.59. The molecule has 0 aliphatic carbocycles. The van der Waals surface area contributed by atoms with E-state index in [2.05, 4.69) is 0 Å². The summed E-state index contributed by atoms with van der Waals surface area (Å²) in [4.78, 5) is 0. The van der Waals surface area contributed by atoms with Crippen LogP contribution in [-0.2, 0) is 30.3 Å². The largest absolute Gasteiger partial charge is 0.493 e. The van der Waals surface area contributed by atoms with E-state index in [0.29, 0.717) is 50.3 Å². The summed E-state index contributed by atoms with van der Waals surface area (Å²) in [7, 11) is 4.72. The Morgan fingerprint density at radius 2 is 1.63 bits per heavy atom. The van der Waals surface area contributed by atoms with E-state index in [0.717, 1.165) is 16.5 Å². The highest BCUT2D eigenvalue weighted by Gasteiger charge is 2.56. The summed E-state index contributed by atoms with van der Waals surface area (Å²) >= 11 is 5.74. The van der Waals surface area contributed by atoms with Crippen molar-refractivity contribution in [1.29, 1.82) is 0 Å². The van der Waals surface area contributed by atoms with Crippen molar-refractivity contribution in [3.63, 3.8) is 0 Å². The molecular weight excluding hydrogens is 580 g/mol. The molecule has 2 fully saturated rings. The summed E-state index contributed by atoms with van der Waals surface area (Å²) in [5, 5.41) is 13.2. The molecule has 5 atom stereocenters. The molecule has 0 saturated carbocycles. The Balaban J connectivity index is 1.41. The van der Waals surface area contributed by atoms with Crippen LogP contribution in [0.15, 0.2) is 30.3 Å². The van der Waals surface area contributed by atoms with Crippen molar-refractivity contribution in [2.24, 2.45) is 0 Å². The Hall–Kier alpha value is -3.39. The first-order chi connectivity index (χ1) is 20.7. The third-order valence-electron chi connectivity index (χ3n) is 8.10. The fourth-order valence-electron chi connectivity index (χ4n) is 6.26. The Morgan fingerprint density at radius 3 is 2.37 bits per heavy atom. The van der Waals surface area contributed by atoms with Crippen LogP contribution in [0.1, 0.15) is 25.0 Å². The van der Waals surface area contributed by atoms with Gasteiger partial charge in [0.25, 0.3) is 0 Å². The molecule has 0 spiro atoms. The SMILES string of the molecule is COCC1OC(Oc2c3c(c(-c4ccc5c(c4)OCO5)c4cc(OC)c(OC)cc24)C(=S)OC3)C(O)C2OC(C)(C)OC12. The second-order valence-corrected chi connectivity index (χ2v) is 11.5. The van der Waals surface area contributed by atoms with E-state index in [1.807, 2.05) is 30.3 Å². The predicted molar refractivity (Wildman–Crippen MR) is 156 cm³/mol. The number of hydrogen-bond donors (Lipinski definition) is 1. The van der Waals surface area contributed by atoms with Crippen LogP contribution in [0.5, 0.6) is 28.7 Å². The van der Waals surface area contributed by atoms with Crippen LogP contribution in [0.3, 0.4) is 0 Å². The third-order valence-corrected chi connectivity index (χ3v) is 8.42. The minimum absolute atomic E-state index is 0.151. The van der Waals surface area contributed by atoms with Gasteiger partial charge in [0.15, 0.2) is 33.8 Å². The average molecular weight is 613 g/mol. The number of benzene rings is 3. The first kappa shape index (κ1) is 28.4. The molecule has 11 nitrogen and oxygen atoms in total. The van der Waals surface area contributed by atoms with Gasteiger partial charge in [0.1, 0.15) is 36.8 Å². The van der Waals surface area contributed by atoms with E-state index in [-0.39, 0.29) is 20.0 Å². The lowest BCUT2D eigenvalue weighted by molar-refractivity contribution is -0.255. The number of rotatable bonds is 7.